The lowest BCUT2D eigenvalue weighted by atomic mass is 9.99. The number of hydrogen-bond donors (Lipinski definition) is 3. The highest BCUT2D eigenvalue weighted by Gasteiger charge is 2.35. The molecule has 1 aromatic carbocycles. The van der Waals surface area contributed by atoms with Crippen molar-refractivity contribution in [1.82, 2.24) is 25.5 Å². The smallest absolute Gasteiger partial charge is 0.345 e. The van der Waals surface area contributed by atoms with Crippen LogP contribution in [0.15, 0.2) is 18.2 Å². The third-order valence-electron chi connectivity index (χ3n) is 6.06. The molecule has 1 fully saturated rings. The van der Waals surface area contributed by atoms with Crippen molar-refractivity contribution in [3.8, 4) is 0 Å². The van der Waals surface area contributed by atoms with Crippen molar-refractivity contribution in [3.63, 3.8) is 0 Å². The molecule has 192 valence electrons. The molecular weight excluding hydrogens is 470 g/mol. The van der Waals surface area contributed by atoms with Gasteiger partial charge in [0.1, 0.15) is 23.8 Å². The Labute approximate surface area is 199 Å². The highest BCUT2D eigenvalue weighted by atomic mass is 19.4. The van der Waals surface area contributed by atoms with Gasteiger partial charge in [-0.3, -0.25) is 14.4 Å². The molecule has 0 saturated carbocycles. The van der Waals surface area contributed by atoms with Gasteiger partial charge in [0.2, 0.25) is 17.7 Å². The number of piperidine rings is 1. The Morgan fingerprint density at radius 2 is 1.97 bits per heavy atom. The van der Waals surface area contributed by atoms with Gasteiger partial charge < -0.3 is 20.5 Å². The molecular formula is C23H29F4N5O3. The maximum Gasteiger partial charge on any atom is 0.397 e. The van der Waals surface area contributed by atoms with Gasteiger partial charge in [-0.1, -0.05) is 13.0 Å². The number of carbonyl (C=O) groups excluding carboxylic acids is 3. The minimum absolute atomic E-state index is 0.0183. The van der Waals surface area contributed by atoms with Crippen LogP contribution in [0.4, 0.5) is 17.6 Å². The quantitative estimate of drug-likeness (QED) is 0.484. The van der Waals surface area contributed by atoms with Gasteiger partial charge >= 0.3 is 6.18 Å². The number of nitrogens with one attached hydrogen (secondary N) is 3. The van der Waals surface area contributed by atoms with Gasteiger partial charge in [0.05, 0.1) is 18.0 Å². The zero-order valence-electron chi connectivity index (χ0n) is 19.5. The Balaban J connectivity index is 1.75. The highest BCUT2D eigenvalue weighted by Crippen LogP contribution is 2.23. The summed E-state index contributed by atoms with van der Waals surface area (Å²) in [4.78, 5) is 46.6. The maximum atomic E-state index is 14.0. The van der Waals surface area contributed by atoms with E-state index in [1.54, 1.807) is 17.9 Å². The number of nitrogens with zero attached hydrogens (tertiary/aromatic N) is 2. The summed E-state index contributed by atoms with van der Waals surface area (Å²) in [5, 5.41) is 4.62. The fourth-order valence-electron chi connectivity index (χ4n) is 4.29. The van der Waals surface area contributed by atoms with Crippen molar-refractivity contribution < 1.29 is 31.9 Å². The van der Waals surface area contributed by atoms with Gasteiger partial charge in [0, 0.05) is 12.6 Å². The van der Waals surface area contributed by atoms with Gasteiger partial charge in [-0.15, -0.1) is 0 Å². The second-order valence-corrected chi connectivity index (χ2v) is 8.75. The molecule has 0 radical (unpaired) electrons. The average molecular weight is 500 g/mol. The topological polar surface area (TPSA) is 107 Å². The number of alkyl halides is 3. The molecule has 1 aliphatic rings. The monoisotopic (exact) mass is 499 g/mol. The van der Waals surface area contributed by atoms with Crippen LogP contribution in [-0.2, 0) is 14.4 Å². The molecule has 2 aromatic rings. The summed E-state index contributed by atoms with van der Waals surface area (Å²) >= 11 is 0. The Hall–Kier alpha value is -3.18. The maximum absolute atomic E-state index is 14.0. The Kier molecular flexibility index (Phi) is 8.34. The molecule has 0 spiro atoms. The van der Waals surface area contributed by atoms with Crippen LogP contribution in [0, 0.1) is 5.82 Å². The molecule has 12 heteroatoms. The normalized spacial score (nSPS) is 18.2. The number of H-pyrrole nitrogens is 1. The molecule has 3 N–H and O–H groups in total. The summed E-state index contributed by atoms with van der Waals surface area (Å²) in [6, 6.07) is 1.99. The number of imidazole rings is 1. The van der Waals surface area contributed by atoms with Crippen molar-refractivity contribution in [2.75, 3.05) is 6.54 Å². The Morgan fingerprint density at radius 3 is 2.63 bits per heavy atom. The second kappa shape index (κ2) is 11.0. The number of halogens is 4. The van der Waals surface area contributed by atoms with Gasteiger partial charge in [-0.2, -0.15) is 13.2 Å². The van der Waals surface area contributed by atoms with E-state index in [4.69, 9.17) is 0 Å². The number of aromatic nitrogens is 2. The van der Waals surface area contributed by atoms with Crippen molar-refractivity contribution in [3.05, 3.63) is 29.8 Å². The molecule has 2 unspecified atom stereocenters. The van der Waals surface area contributed by atoms with Crippen LogP contribution in [0.1, 0.15) is 64.2 Å². The Bertz CT molecular complexity index is 1070. The van der Waals surface area contributed by atoms with E-state index in [9.17, 15) is 31.9 Å². The first-order valence-corrected chi connectivity index (χ1v) is 11.6. The van der Waals surface area contributed by atoms with E-state index < -0.39 is 54.6 Å². The first-order chi connectivity index (χ1) is 16.5. The van der Waals surface area contributed by atoms with E-state index >= 15 is 0 Å². The lowest BCUT2D eigenvalue weighted by Crippen LogP contribution is -2.52. The number of likely N-dealkylation sites (tertiary alicyclic amines) is 1. The molecule has 0 aliphatic carbocycles. The molecule has 1 saturated heterocycles. The van der Waals surface area contributed by atoms with Gasteiger partial charge in [0.15, 0.2) is 5.82 Å². The van der Waals surface area contributed by atoms with E-state index in [1.807, 2.05) is 6.92 Å². The van der Waals surface area contributed by atoms with Gasteiger partial charge in [0.25, 0.3) is 0 Å². The molecule has 2 heterocycles. The van der Waals surface area contributed by atoms with Crippen LogP contribution in [0.25, 0.3) is 11.0 Å². The number of carbonyl (C=O) groups is 3. The summed E-state index contributed by atoms with van der Waals surface area (Å²) < 4.78 is 52.0. The minimum Gasteiger partial charge on any atom is -0.345 e. The first kappa shape index (κ1) is 26.4. The van der Waals surface area contributed by atoms with Crippen molar-refractivity contribution in [1.29, 1.82) is 0 Å². The predicted octanol–water partition coefficient (Wildman–Crippen LogP) is 3.50. The summed E-state index contributed by atoms with van der Waals surface area (Å²) in [5.41, 5.74) is 0.478. The average Bonchev–Trinajstić information content (AvgIpc) is 3.23. The third-order valence-corrected chi connectivity index (χ3v) is 6.06. The number of para-hydroxylation sites is 1. The van der Waals surface area contributed by atoms with E-state index in [1.165, 1.54) is 12.1 Å². The third kappa shape index (κ3) is 6.92. The lowest BCUT2D eigenvalue weighted by molar-refractivity contribution is -0.155. The molecule has 1 aliphatic heterocycles. The van der Waals surface area contributed by atoms with E-state index in [0.717, 1.165) is 19.3 Å². The number of rotatable bonds is 8. The van der Waals surface area contributed by atoms with Crippen LogP contribution in [0.5, 0.6) is 0 Å². The Morgan fingerprint density at radius 1 is 1.23 bits per heavy atom. The number of aromatic amines is 1. The fourth-order valence-corrected chi connectivity index (χ4v) is 4.29. The minimum atomic E-state index is -4.76. The summed E-state index contributed by atoms with van der Waals surface area (Å²) in [5.74, 6) is -3.00. The molecule has 1 aromatic heterocycles. The SMILES string of the molecule is CC[C@H]1CCCCN1C(=O)CC(NC(=O)CC(F)(F)F)C(=O)NC(C)c1nc2c(F)cccc2[nH]1. The molecule has 8 nitrogen and oxygen atoms in total. The molecule has 3 amide bonds. The number of hydrogen-bond acceptors (Lipinski definition) is 4. The van der Waals surface area contributed by atoms with E-state index in [2.05, 4.69) is 20.6 Å². The predicted molar refractivity (Wildman–Crippen MR) is 119 cm³/mol. The van der Waals surface area contributed by atoms with Crippen LogP contribution in [0.3, 0.4) is 0 Å². The molecule has 3 atom stereocenters. The van der Waals surface area contributed by atoms with Gasteiger partial charge in [-0.05, 0) is 44.7 Å². The van der Waals surface area contributed by atoms with Crippen LogP contribution >= 0.6 is 0 Å². The lowest BCUT2D eigenvalue weighted by Gasteiger charge is -2.36. The zero-order valence-corrected chi connectivity index (χ0v) is 19.5. The molecule has 3 rings (SSSR count). The second-order valence-electron chi connectivity index (χ2n) is 8.75. The standard InChI is InChI=1S/C23H29F4N5O3/c1-3-14-7-4-5-10-32(14)19(34)11-17(29-18(33)12-23(25,26)27)22(35)28-13(2)21-30-16-9-6-8-15(24)20(16)31-21/h6,8-9,13-14,17H,3-5,7,10-12H2,1-2H3,(H,28,35)(H,29,33)(H,30,31)/t13?,14-,17?/m0/s1. The zero-order chi connectivity index (χ0) is 25.8. The largest absolute Gasteiger partial charge is 0.397 e. The van der Waals surface area contributed by atoms with E-state index in [-0.39, 0.29) is 17.4 Å². The van der Waals surface area contributed by atoms with Crippen LogP contribution < -0.4 is 10.6 Å². The highest BCUT2D eigenvalue weighted by molar-refractivity contribution is 5.92. The van der Waals surface area contributed by atoms with Gasteiger partial charge in [-0.25, -0.2) is 9.37 Å². The first-order valence-electron chi connectivity index (χ1n) is 11.6. The fraction of sp³-hybridized carbons (Fsp3) is 0.565. The van der Waals surface area contributed by atoms with E-state index in [0.29, 0.717) is 18.5 Å². The molecule has 35 heavy (non-hydrogen) atoms. The summed E-state index contributed by atoms with van der Waals surface area (Å²) in [7, 11) is 0. The van der Waals surface area contributed by atoms with Crippen molar-refractivity contribution in [2.24, 2.45) is 0 Å². The van der Waals surface area contributed by atoms with Crippen molar-refractivity contribution in [2.45, 2.75) is 76.7 Å². The number of amides is 3. The molecule has 0 bridgehead atoms. The van der Waals surface area contributed by atoms with Crippen LogP contribution in [-0.4, -0.2) is 57.4 Å². The van der Waals surface area contributed by atoms with Crippen LogP contribution in [0.2, 0.25) is 0 Å². The summed E-state index contributed by atoms with van der Waals surface area (Å²) in [6.45, 7) is 3.97. The summed E-state index contributed by atoms with van der Waals surface area (Å²) in [6.07, 6.45) is -3.75. The van der Waals surface area contributed by atoms with Crippen molar-refractivity contribution >= 4 is 28.8 Å². The number of fused-ring (bicyclic) bond motifs is 1. The number of benzene rings is 1.